The predicted octanol–water partition coefficient (Wildman–Crippen LogP) is 2.11. The van der Waals surface area contributed by atoms with Crippen LogP contribution in [0.15, 0.2) is 23.1 Å². The standard InChI is InChI=1S/C21H31N3O4S/c1-14-8-15(2)12-23(11-14)21(26)13-22(5)29(27,28)19-6-7-20-18(10-19)9-16(3)24(20)17(4)25/h6-7,10,14-16H,8-9,11-13H2,1-5H3/t14-,15-,16-/m1/s1. The molecule has 29 heavy (non-hydrogen) atoms. The summed E-state index contributed by atoms with van der Waals surface area (Å²) in [6.07, 6.45) is 1.70. The smallest absolute Gasteiger partial charge is 0.243 e. The minimum atomic E-state index is -3.79. The van der Waals surface area contributed by atoms with Gasteiger partial charge in [-0.25, -0.2) is 8.42 Å². The van der Waals surface area contributed by atoms with Gasteiger partial charge in [0.15, 0.2) is 0 Å². The Morgan fingerprint density at radius 1 is 1.14 bits per heavy atom. The second-order valence-corrected chi connectivity index (χ2v) is 10.8. The zero-order valence-electron chi connectivity index (χ0n) is 17.9. The number of likely N-dealkylation sites (N-methyl/N-ethyl adjacent to an activating group) is 1. The first kappa shape index (κ1) is 21.8. The first-order valence-corrected chi connectivity index (χ1v) is 11.6. The van der Waals surface area contributed by atoms with Crippen LogP contribution in [0.3, 0.4) is 0 Å². The lowest BCUT2D eigenvalue weighted by molar-refractivity contribution is -0.133. The van der Waals surface area contributed by atoms with Gasteiger partial charge in [-0.15, -0.1) is 0 Å². The number of amides is 2. The van der Waals surface area contributed by atoms with Crippen LogP contribution < -0.4 is 4.90 Å². The molecule has 3 rings (SSSR count). The summed E-state index contributed by atoms with van der Waals surface area (Å²) >= 11 is 0. The van der Waals surface area contributed by atoms with Crippen molar-refractivity contribution in [1.82, 2.24) is 9.21 Å². The predicted molar refractivity (Wildman–Crippen MR) is 112 cm³/mol. The molecule has 0 N–H and O–H groups in total. The van der Waals surface area contributed by atoms with Crippen LogP contribution in [0.2, 0.25) is 0 Å². The second kappa shape index (κ2) is 8.07. The maximum absolute atomic E-state index is 13.1. The van der Waals surface area contributed by atoms with E-state index in [1.165, 1.54) is 20.0 Å². The fourth-order valence-corrected chi connectivity index (χ4v) is 5.84. The quantitative estimate of drug-likeness (QED) is 0.746. The molecule has 7 nitrogen and oxygen atoms in total. The van der Waals surface area contributed by atoms with Crippen LogP contribution >= 0.6 is 0 Å². The van der Waals surface area contributed by atoms with Crippen molar-refractivity contribution in [3.8, 4) is 0 Å². The van der Waals surface area contributed by atoms with Crippen LogP contribution in [0, 0.1) is 11.8 Å². The monoisotopic (exact) mass is 421 g/mol. The van der Waals surface area contributed by atoms with Crippen molar-refractivity contribution >= 4 is 27.5 Å². The van der Waals surface area contributed by atoms with Crippen molar-refractivity contribution in [3.05, 3.63) is 23.8 Å². The van der Waals surface area contributed by atoms with Gasteiger partial charge < -0.3 is 9.80 Å². The minimum absolute atomic E-state index is 0.00263. The minimum Gasteiger partial charge on any atom is -0.341 e. The summed E-state index contributed by atoms with van der Waals surface area (Å²) in [5.74, 6) is 0.631. The third-order valence-electron chi connectivity index (χ3n) is 5.89. The molecule has 0 unspecified atom stereocenters. The first-order chi connectivity index (χ1) is 13.5. The van der Waals surface area contributed by atoms with Crippen LogP contribution in [0.1, 0.15) is 39.7 Å². The number of rotatable bonds is 4. The Balaban J connectivity index is 1.76. The highest BCUT2D eigenvalue weighted by Gasteiger charge is 2.32. The van der Waals surface area contributed by atoms with E-state index in [-0.39, 0.29) is 29.3 Å². The number of nitrogens with zero attached hydrogens (tertiary/aromatic N) is 3. The van der Waals surface area contributed by atoms with E-state index in [2.05, 4.69) is 13.8 Å². The Bertz CT molecular complexity index is 905. The van der Waals surface area contributed by atoms with Gasteiger partial charge in [-0.1, -0.05) is 13.8 Å². The molecule has 1 aromatic carbocycles. The Hall–Kier alpha value is -1.93. The van der Waals surface area contributed by atoms with Gasteiger partial charge in [0, 0.05) is 38.8 Å². The molecule has 8 heteroatoms. The lowest BCUT2D eigenvalue weighted by Crippen LogP contribution is -2.47. The van der Waals surface area contributed by atoms with Gasteiger partial charge in [0.2, 0.25) is 21.8 Å². The first-order valence-electron chi connectivity index (χ1n) is 10.2. The number of carbonyl (C=O) groups excluding carboxylic acids is 2. The summed E-state index contributed by atoms with van der Waals surface area (Å²) in [6, 6.07) is 4.85. The lowest BCUT2D eigenvalue weighted by atomic mass is 9.92. The number of hydrogen-bond donors (Lipinski definition) is 0. The van der Waals surface area contributed by atoms with E-state index in [1.807, 2.05) is 6.92 Å². The summed E-state index contributed by atoms with van der Waals surface area (Å²) in [6.45, 7) is 8.87. The number of likely N-dealkylation sites (tertiary alicyclic amines) is 1. The Labute approximate surface area is 173 Å². The van der Waals surface area contributed by atoms with Crippen LogP contribution in [0.4, 0.5) is 5.69 Å². The summed E-state index contributed by atoms with van der Waals surface area (Å²) in [5, 5.41) is 0. The molecule has 0 spiro atoms. The molecule has 0 aliphatic carbocycles. The molecule has 160 valence electrons. The molecule has 0 saturated carbocycles. The Kier molecular flexibility index (Phi) is 6.06. The van der Waals surface area contributed by atoms with Crippen molar-refractivity contribution in [2.24, 2.45) is 11.8 Å². The van der Waals surface area contributed by atoms with Crippen molar-refractivity contribution in [1.29, 1.82) is 0 Å². The number of anilines is 1. The van der Waals surface area contributed by atoms with E-state index in [0.29, 0.717) is 31.3 Å². The van der Waals surface area contributed by atoms with Crippen molar-refractivity contribution in [2.45, 2.75) is 51.5 Å². The third-order valence-corrected chi connectivity index (χ3v) is 7.69. The van der Waals surface area contributed by atoms with Crippen molar-refractivity contribution in [2.75, 3.05) is 31.6 Å². The zero-order chi connectivity index (χ0) is 21.5. The third kappa shape index (κ3) is 4.33. The van der Waals surface area contributed by atoms with Gasteiger partial charge in [-0.2, -0.15) is 4.31 Å². The molecular formula is C21H31N3O4S. The van der Waals surface area contributed by atoms with Crippen LogP contribution in [0.25, 0.3) is 0 Å². The normalized spacial score (nSPS) is 24.7. The SMILES string of the molecule is CC(=O)N1c2ccc(S(=O)(=O)N(C)CC(=O)N3C[C@H](C)C[C@@H](C)C3)cc2C[C@H]1C. The molecule has 1 fully saturated rings. The van der Waals surface area contributed by atoms with Gasteiger partial charge in [0.25, 0.3) is 0 Å². The summed E-state index contributed by atoms with van der Waals surface area (Å²) in [7, 11) is -2.35. The van der Waals surface area contributed by atoms with Crippen molar-refractivity contribution in [3.63, 3.8) is 0 Å². The second-order valence-electron chi connectivity index (χ2n) is 8.74. The van der Waals surface area contributed by atoms with Gasteiger partial charge in [-0.3, -0.25) is 9.59 Å². The molecular weight excluding hydrogens is 390 g/mol. The van der Waals surface area contributed by atoms with Gasteiger partial charge in [0.1, 0.15) is 0 Å². The summed E-state index contributed by atoms with van der Waals surface area (Å²) < 4.78 is 27.2. The molecule has 2 amide bonds. The zero-order valence-corrected chi connectivity index (χ0v) is 18.7. The van der Waals surface area contributed by atoms with E-state index >= 15 is 0 Å². The van der Waals surface area contributed by atoms with Gasteiger partial charge in [0.05, 0.1) is 11.4 Å². The number of hydrogen-bond acceptors (Lipinski definition) is 4. The van der Waals surface area contributed by atoms with Crippen LogP contribution in [-0.2, 0) is 26.0 Å². The number of fused-ring (bicyclic) bond motifs is 1. The maximum atomic E-state index is 13.1. The Morgan fingerprint density at radius 2 is 1.76 bits per heavy atom. The lowest BCUT2D eigenvalue weighted by Gasteiger charge is -2.35. The molecule has 1 saturated heterocycles. The molecule has 3 atom stereocenters. The molecule has 0 radical (unpaired) electrons. The molecule has 0 aromatic heterocycles. The Morgan fingerprint density at radius 3 is 2.34 bits per heavy atom. The van der Waals surface area contributed by atoms with E-state index in [9.17, 15) is 18.0 Å². The molecule has 1 aromatic rings. The van der Waals surface area contributed by atoms with E-state index in [4.69, 9.17) is 0 Å². The van der Waals surface area contributed by atoms with Gasteiger partial charge in [-0.05, 0) is 55.4 Å². The highest BCUT2D eigenvalue weighted by molar-refractivity contribution is 7.89. The van der Waals surface area contributed by atoms with Crippen molar-refractivity contribution < 1.29 is 18.0 Å². The van der Waals surface area contributed by atoms with Gasteiger partial charge >= 0.3 is 0 Å². The van der Waals surface area contributed by atoms with Crippen LogP contribution in [0.5, 0.6) is 0 Å². The van der Waals surface area contributed by atoms with E-state index in [1.54, 1.807) is 21.9 Å². The fourth-order valence-electron chi connectivity index (χ4n) is 4.67. The highest BCUT2D eigenvalue weighted by Crippen LogP contribution is 2.34. The van der Waals surface area contributed by atoms with E-state index in [0.717, 1.165) is 22.0 Å². The summed E-state index contributed by atoms with van der Waals surface area (Å²) in [4.78, 5) is 28.2. The number of benzene rings is 1. The van der Waals surface area contributed by atoms with Crippen LogP contribution in [-0.4, -0.2) is 62.2 Å². The molecule has 2 aliphatic rings. The number of sulfonamides is 1. The molecule has 0 bridgehead atoms. The number of carbonyl (C=O) groups is 2. The molecule has 2 aliphatic heterocycles. The highest BCUT2D eigenvalue weighted by atomic mass is 32.2. The number of piperidine rings is 1. The van der Waals surface area contributed by atoms with E-state index < -0.39 is 10.0 Å². The largest absolute Gasteiger partial charge is 0.341 e. The topological polar surface area (TPSA) is 78.0 Å². The summed E-state index contributed by atoms with van der Waals surface area (Å²) in [5.41, 5.74) is 1.60. The average molecular weight is 422 g/mol. The molecule has 2 heterocycles. The fraction of sp³-hybridized carbons (Fsp3) is 0.619. The maximum Gasteiger partial charge on any atom is 0.243 e. The average Bonchev–Trinajstić information content (AvgIpc) is 2.95.